The van der Waals surface area contributed by atoms with E-state index >= 15 is 0 Å². The molecule has 6 nitrogen and oxygen atoms in total. The zero-order valence-electron chi connectivity index (χ0n) is 14.1. The molecule has 23 heavy (non-hydrogen) atoms. The van der Waals surface area contributed by atoms with Crippen molar-refractivity contribution in [3.8, 4) is 0 Å². The molecule has 0 aliphatic heterocycles. The highest BCUT2D eigenvalue weighted by Crippen LogP contribution is 2.16. The van der Waals surface area contributed by atoms with Gasteiger partial charge in [-0.05, 0) is 44.5 Å². The Hall–Kier alpha value is -1.15. The van der Waals surface area contributed by atoms with Gasteiger partial charge in [0.05, 0.1) is 10.9 Å². The number of nitrogens with one attached hydrogen (secondary N) is 1. The van der Waals surface area contributed by atoms with Gasteiger partial charge in [0.2, 0.25) is 10.0 Å². The second-order valence-corrected chi connectivity index (χ2v) is 6.93. The first-order valence-corrected chi connectivity index (χ1v) is 9.54. The molecule has 0 saturated carbocycles. The number of hydrogen-bond donors (Lipinski definition) is 2. The molecule has 0 aliphatic rings. The summed E-state index contributed by atoms with van der Waals surface area (Å²) in [7, 11) is -3.65. The molecular formula is C16H28N2O4S. The van der Waals surface area contributed by atoms with E-state index in [4.69, 9.17) is 15.2 Å². The Morgan fingerprint density at radius 3 is 2.13 bits per heavy atom. The van der Waals surface area contributed by atoms with Crippen LogP contribution in [0, 0.1) is 0 Å². The molecule has 0 aromatic heterocycles. The number of nitrogens with two attached hydrogens (primary N) is 1. The van der Waals surface area contributed by atoms with Crippen LogP contribution in [0.3, 0.4) is 0 Å². The molecule has 0 fully saturated rings. The van der Waals surface area contributed by atoms with Gasteiger partial charge in [-0.25, -0.2) is 13.1 Å². The Labute approximate surface area is 139 Å². The molecule has 7 heteroatoms. The number of hydrogen-bond acceptors (Lipinski definition) is 5. The Balaban J connectivity index is 2.95. The van der Waals surface area contributed by atoms with E-state index in [1.54, 1.807) is 12.1 Å². The molecule has 1 atom stereocenters. The van der Waals surface area contributed by atoms with Crippen LogP contribution in [0.4, 0.5) is 5.69 Å². The fraction of sp³-hybridized carbons (Fsp3) is 0.625. The summed E-state index contributed by atoms with van der Waals surface area (Å²) in [6.45, 7) is 6.68. The first-order chi connectivity index (χ1) is 10.9. The van der Waals surface area contributed by atoms with Crippen molar-refractivity contribution in [1.82, 2.24) is 4.72 Å². The van der Waals surface area contributed by atoms with Gasteiger partial charge >= 0.3 is 0 Å². The highest BCUT2D eigenvalue weighted by Gasteiger charge is 2.27. The fourth-order valence-corrected chi connectivity index (χ4v) is 3.46. The van der Waals surface area contributed by atoms with Gasteiger partial charge in [-0.3, -0.25) is 0 Å². The topological polar surface area (TPSA) is 90.7 Å². The van der Waals surface area contributed by atoms with Crippen molar-refractivity contribution < 1.29 is 17.9 Å². The van der Waals surface area contributed by atoms with E-state index in [1.165, 1.54) is 12.1 Å². The minimum Gasteiger partial charge on any atom is -0.399 e. The maximum absolute atomic E-state index is 12.6. The molecule has 0 radical (unpaired) electrons. The molecule has 1 unspecified atom stereocenters. The van der Waals surface area contributed by atoms with Crippen LogP contribution in [0.2, 0.25) is 0 Å². The minimum atomic E-state index is -3.65. The molecule has 3 N–H and O–H groups in total. The van der Waals surface area contributed by atoms with Gasteiger partial charge in [0.15, 0.2) is 6.29 Å². The number of anilines is 1. The molecule has 0 bridgehead atoms. The van der Waals surface area contributed by atoms with Crippen LogP contribution in [-0.2, 0) is 19.5 Å². The first kappa shape index (κ1) is 19.9. The van der Waals surface area contributed by atoms with Crippen LogP contribution in [0.25, 0.3) is 0 Å². The van der Waals surface area contributed by atoms with Crippen molar-refractivity contribution in [3.05, 3.63) is 24.3 Å². The zero-order valence-corrected chi connectivity index (χ0v) is 14.9. The van der Waals surface area contributed by atoms with Gasteiger partial charge < -0.3 is 15.2 Å². The van der Waals surface area contributed by atoms with Crippen LogP contribution in [0.1, 0.15) is 40.0 Å². The molecule has 132 valence electrons. The van der Waals surface area contributed by atoms with E-state index in [0.717, 1.165) is 12.8 Å². The van der Waals surface area contributed by atoms with Crippen LogP contribution in [0.15, 0.2) is 29.2 Å². The van der Waals surface area contributed by atoms with Crippen molar-refractivity contribution in [2.24, 2.45) is 0 Å². The number of benzene rings is 1. The lowest BCUT2D eigenvalue weighted by Crippen LogP contribution is -2.45. The van der Waals surface area contributed by atoms with Gasteiger partial charge in [0.25, 0.3) is 0 Å². The minimum absolute atomic E-state index is 0.181. The highest BCUT2D eigenvalue weighted by molar-refractivity contribution is 7.89. The molecule has 0 saturated heterocycles. The van der Waals surface area contributed by atoms with Crippen LogP contribution < -0.4 is 10.5 Å². The summed E-state index contributed by atoms with van der Waals surface area (Å²) in [4.78, 5) is 0.181. The van der Waals surface area contributed by atoms with E-state index in [9.17, 15) is 8.42 Å². The maximum atomic E-state index is 12.6. The van der Waals surface area contributed by atoms with Crippen molar-refractivity contribution in [3.63, 3.8) is 0 Å². The average Bonchev–Trinajstić information content (AvgIpc) is 2.51. The van der Waals surface area contributed by atoms with Crippen molar-refractivity contribution >= 4 is 15.7 Å². The number of rotatable bonds is 11. The third-order valence-electron chi connectivity index (χ3n) is 3.36. The van der Waals surface area contributed by atoms with Crippen molar-refractivity contribution in [1.29, 1.82) is 0 Å². The summed E-state index contributed by atoms with van der Waals surface area (Å²) in [5, 5.41) is 0. The molecule has 0 spiro atoms. The summed E-state index contributed by atoms with van der Waals surface area (Å²) in [6.07, 6.45) is 1.89. The van der Waals surface area contributed by atoms with Crippen molar-refractivity contribution in [2.45, 2.75) is 57.3 Å². The quantitative estimate of drug-likeness (QED) is 0.475. The Kier molecular flexibility index (Phi) is 8.54. The van der Waals surface area contributed by atoms with Crippen LogP contribution >= 0.6 is 0 Å². The molecule has 1 aromatic carbocycles. The predicted molar refractivity (Wildman–Crippen MR) is 91.5 cm³/mol. The SMILES string of the molecule is CCCCC(NS(=O)(=O)c1ccc(N)cc1)C(OCC)OCC. The lowest BCUT2D eigenvalue weighted by atomic mass is 10.1. The summed E-state index contributed by atoms with van der Waals surface area (Å²) in [6, 6.07) is 5.68. The lowest BCUT2D eigenvalue weighted by molar-refractivity contribution is -0.151. The maximum Gasteiger partial charge on any atom is 0.240 e. The molecular weight excluding hydrogens is 316 g/mol. The highest BCUT2D eigenvalue weighted by atomic mass is 32.2. The number of unbranched alkanes of at least 4 members (excludes halogenated alkanes) is 1. The van der Waals surface area contributed by atoms with Gasteiger partial charge in [-0.1, -0.05) is 19.8 Å². The monoisotopic (exact) mass is 344 g/mol. The molecule has 0 aliphatic carbocycles. The standard InChI is InChI=1S/C16H28N2O4S/c1-4-7-8-15(16(21-5-2)22-6-3)18-23(19,20)14-11-9-13(17)10-12-14/h9-12,15-16,18H,4-8,17H2,1-3H3. The summed E-state index contributed by atoms with van der Waals surface area (Å²) >= 11 is 0. The normalized spacial score (nSPS) is 13.4. The van der Waals surface area contributed by atoms with Gasteiger partial charge in [0, 0.05) is 18.9 Å². The third kappa shape index (κ3) is 6.47. The van der Waals surface area contributed by atoms with Crippen molar-refractivity contribution in [2.75, 3.05) is 18.9 Å². The zero-order chi connectivity index (χ0) is 17.3. The number of ether oxygens (including phenoxy) is 2. The molecule has 1 rings (SSSR count). The Bertz CT molecular complexity index is 540. The third-order valence-corrected chi connectivity index (χ3v) is 4.86. The van der Waals surface area contributed by atoms with E-state index < -0.39 is 22.4 Å². The van der Waals surface area contributed by atoms with E-state index in [-0.39, 0.29) is 4.90 Å². The number of nitrogen functional groups attached to an aromatic ring is 1. The fourth-order valence-electron chi connectivity index (χ4n) is 2.20. The van der Waals surface area contributed by atoms with E-state index in [0.29, 0.717) is 25.3 Å². The average molecular weight is 344 g/mol. The smallest absolute Gasteiger partial charge is 0.240 e. The Morgan fingerprint density at radius 1 is 1.09 bits per heavy atom. The Morgan fingerprint density at radius 2 is 1.65 bits per heavy atom. The largest absolute Gasteiger partial charge is 0.399 e. The van der Waals surface area contributed by atoms with Gasteiger partial charge in [-0.2, -0.15) is 0 Å². The first-order valence-electron chi connectivity index (χ1n) is 8.05. The van der Waals surface area contributed by atoms with Gasteiger partial charge in [-0.15, -0.1) is 0 Å². The predicted octanol–water partition coefficient (Wildman–Crippen LogP) is 2.51. The van der Waals surface area contributed by atoms with Gasteiger partial charge in [0.1, 0.15) is 0 Å². The van der Waals surface area contributed by atoms with Crippen LogP contribution in [-0.4, -0.2) is 34.0 Å². The summed E-state index contributed by atoms with van der Waals surface area (Å²) < 4.78 is 39.0. The second kappa shape index (κ2) is 9.87. The lowest BCUT2D eigenvalue weighted by Gasteiger charge is -2.27. The van der Waals surface area contributed by atoms with Crippen LogP contribution in [0.5, 0.6) is 0 Å². The van der Waals surface area contributed by atoms with E-state index in [2.05, 4.69) is 11.6 Å². The number of sulfonamides is 1. The van der Waals surface area contributed by atoms with E-state index in [1.807, 2.05) is 13.8 Å². The molecule has 0 amide bonds. The molecule has 0 heterocycles. The summed E-state index contributed by atoms with van der Waals surface area (Å²) in [5.41, 5.74) is 6.13. The second-order valence-electron chi connectivity index (χ2n) is 5.22. The summed E-state index contributed by atoms with van der Waals surface area (Å²) in [5.74, 6) is 0. The molecule has 1 aromatic rings.